The molecule has 0 aliphatic carbocycles. The normalized spacial score (nSPS) is 8.27. The maximum atomic E-state index is 11.0. The van der Waals surface area contributed by atoms with Crippen molar-refractivity contribution in [3.05, 3.63) is 12.2 Å². The van der Waals surface area contributed by atoms with Crippen molar-refractivity contribution in [1.29, 1.82) is 0 Å². The molecule has 0 aliphatic rings. The van der Waals surface area contributed by atoms with Crippen LogP contribution in [0.1, 0.15) is 6.42 Å². The van der Waals surface area contributed by atoms with E-state index in [2.05, 4.69) is 6.58 Å². The maximum absolute atomic E-state index is 11.0. The van der Waals surface area contributed by atoms with Gasteiger partial charge in [0.15, 0.2) is 0 Å². The Bertz CT molecular complexity index is 145. The minimum Gasteiger partial charge on any atom is -0.345 e. The number of rotatable bonds is 3. The van der Waals surface area contributed by atoms with Crippen LogP contribution < -0.4 is 5.73 Å². The number of hydrogen-bond donors (Lipinski definition) is 1. The van der Waals surface area contributed by atoms with E-state index in [-0.39, 0.29) is 18.3 Å². The zero-order valence-electron chi connectivity index (χ0n) is 6.96. The summed E-state index contributed by atoms with van der Waals surface area (Å²) in [5.74, 6) is -0.0366. The summed E-state index contributed by atoms with van der Waals surface area (Å²) in [4.78, 5) is 12.5. The second-order valence-electron chi connectivity index (χ2n) is 2.34. The van der Waals surface area contributed by atoms with Gasteiger partial charge in [0.25, 0.3) is 0 Å². The molecule has 0 heterocycles. The Morgan fingerprint density at radius 2 is 2.00 bits per heavy atom. The van der Waals surface area contributed by atoms with Crippen LogP contribution in [0.2, 0.25) is 0 Å². The van der Waals surface area contributed by atoms with Gasteiger partial charge in [0.05, 0.1) is 0 Å². The lowest BCUT2D eigenvalue weighted by Gasteiger charge is -2.10. The van der Waals surface area contributed by atoms with E-state index in [1.807, 2.05) is 0 Å². The molecule has 1 amide bonds. The van der Waals surface area contributed by atoms with Crippen molar-refractivity contribution >= 4 is 18.3 Å². The molecule has 66 valence electrons. The highest BCUT2D eigenvalue weighted by Gasteiger charge is 2.06. The summed E-state index contributed by atoms with van der Waals surface area (Å²) in [5.41, 5.74) is 5.81. The molecule has 11 heavy (non-hydrogen) atoms. The molecule has 0 saturated heterocycles. The van der Waals surface area contributed by atoms with Crippen LogP contribution >= 0.6 is 12.4 Å². The predicted molar refractivity (Wildman–Crippen MR) is 48.8 cm³/mol. The van der Waals surface area contributed by atoms with E-state index in [0.29, 0.717) is 18.5 Å². The van der Waals surface area contributed by atoms with Crippen LogP contribution in [0.25, 0.3) is 0 Å². The largest absolute Gasteiger partial charge is 0.345 e. The van der Waals surface area contributed by atoms with E-state index >= 15 is 0 Å². The first-order valence-corrected chi connectivity index (χ1v) is 3.19. The Morgan fingerprint density at radius 3 is 2.27 bits per heavy atom. The van der Waals surface area contributed by atoms with Gasteiger partial charge in [-0.25, -0.2) is 0 Å². The van der Waals surface area contributed by atoms with E-state index < -0.39 is 0 Å². The topological polar surface area (TPSA) is 46.3 Å². The number of halogens is 1. The quantitative estimate of drug-likeness (QED) is 0.636. The fraction of sp³-hybridized carbons (Fsp3) is 0.571. The molecule has 0 saturated carbocycles. The van der Waals surface area contributed by atoms with E-state index in [0.717, 1.165) is 0 Å². The average molecular weight is 179 g/mol. The molecule has 0 atom stereocenters. The lowest BCUT2D eigenvalue weighted by molar-refractivity contribution is -0.124. The summed E-state index contributed by atoms with van der Waals surface area (Å²) in [6.07, 6.45) is 0.580. The molecule has 4 heteroatoms. The number of carbonyl (C=O) groups excluding carboxylic acids is 1. The van der Waals surface area contributed by atoms with Gasteiger partial charge in [-0.1, -0.05) is 6.58 Å². The monoisotopic (exact) mass is 178 g/mol. The summed E-state index contributed by atoms with van der Waals surface area (Å²) < 4.78 is 0. The van der Waals surface area contributed by atoms with Crippen molar-refractivity contribution in [3.63, 3.8) is 0 Å². The molecular formula is C7H15ClN2O. The van der Waals surface area contributed by atoms with Gasteiger partial charge in [0.2, 0.25) is 5.91 Å². The summed E-state index contributed by atoms with van der Waals surface area (Å²) in [7, 11) is 3.40. The number of likely N-dealkylation sites (N-methyl/N-ethyl adjacent to an activating group) is 1. The van der Waals surface area contributed by atoms with Crippen molar-refractivity contribution < 1.29 is 4.79 Å². The van der Waals surface area contributed by atoms with Gasteiger partial charge >= 0.3 is 0 Å². The fourth-order valence-electron chi connectivity index (χ4n) is 0.597. The van der Waals surface area contributed by atoms with Crippen LogP contribution in [0.3, 0.4) is 0 Å². The Morgan fingerprint density at radius 1 is 1.55 bits per heavy atom. The Labute approximate surface area is 73.7 Å². The molecule has 0 aromatic carbocycles. The third-order valence-electron chi connectivity index (χ3n) is 1.15. The number of carbonyl (C=O) groups is 1. The summed E-state index contributed by atoms with van der Waals surface area (Å²) in [5, 5.41) is 0. The molecule has 0 bridgehead atoms. The first-order chi connectivity index (χ1) is 4.59. The highest BCUT2D eigenvalue weighted by Crippen LogP contribution is 1.98. The second kappa shape index (κ2) is 6.19. The number of nitrogens with zero attached hydrogens (tertiary/aromatic N) is 1. The van der Waals surface area contributed by atoms with E-state index in [4.69, 9.17) is 5.73 Å². The molecular weight excluding hydrogens is 164 g/mol. The molecule has 0 aromatic heterocycles. The second-order valence-corrected chi connectivity index (χ2v) is 2.34. The van der Waals surface area contributed by atoms with Gasteiger partial charge in [-0.05, 0) is 13.0 Å². The molecule has 0 radical (unpaired) electrons. The molecule has 0 aliphatic heterocycles. The number of hydrogen-bond acceptors (Lipinski definition) is 2. The SMILES string of the molecule is C=C(CCN)C(=O)N(C)C.Cl. The van der Waals surface area contributed by atoms with E-state index in [1.54, 1.807) is 14.1 Å². The summed E-state index contributed by atoms with van der Waals surface area (Å²) >= 11 is 0. The Kier molecular flexibility index (Phi) is 7.36. The van der Waals surface area contributed by atoms with Crippen LogP contribution in [0.5, 0.6) is 0 Å². The van der Waals surface area contributed by atoms with Crippen LogP contribution in [0.4, 0.5) is 0 Å². The molecule has 2 N–H and O–H groups in total. The fourth-order valence-corrected chi connectivity index (χ4v) is 0.597. The lowest BCUT2D eigenvalue weighted by Crippen LogP contribution is -2.24. The van der Waals surface area contributed by atoms with Gasteiger partial charge in [-0.2, -0.15) is 0 Å². The van der Waals surface area contributed by atoms with Gasteiger partial charge < -0.3 is 10.6 Å². The molecule has 3 nitrogen and oxygen atoms in total. The van der Waals surface area contributed by atoms with Gasteiger partial charge in [0, 0.05) is 19.7 Å². The zero-order valence-corrected chi connectivity index (χ0v) is 7.78. The highest BCUT2D eigenvalue weighted by atomic mass is 35.5. The van der Waals surface area contributed by atoms with Crippen LogP contribution in [-0.2, 0) is 4.79 Å². The molecule has 0 unspecified atom stereocenters. The third kappa shape index (κ3) is 4.81. The van der Waals surface area contributed by atoms with Crippen molar-refractivity contribution in [1.82, 2.24) is 4.90 Å². The standard InChI is InChI=1S/C7H14N2O.ClH/c1-6(4-5-8)7(10)9(2)3;/h1,4-5,8H2,2-3H3;1H. The molecule has 0 rings (SSSR count). The first-order valence-electron chi connectivity index (χ1n) is 3.19. The number of nitrogens with two attached hydrogens (primary N) is 1. The lowest BCUT2D eigenvalue weighted by atomic mass is 10.2. The van der Waals surface area contributed by atoms with Gasteiger partial charge in [0.1, 0.15) is 0 Å². The molecule has 0 spiro atoms. The van der Waals surface area contributed by atoms with Gasteiger partial charge in [-0.3, -0.25) is 4.79 Å². The minimum absolute atomic E-state index is 0. The van der Waals surface area contributed by atoms with Gasteiger partial charge in [-0.15, -0.1) is 12.4 Å². The Balaban J connectivity index is 0. The first kappa shape index (κ1) is 13.1. The minimum atomic E-state index is -0.0366. The smallest absolute Gasteiger partial charge is 0.248 e. The summed E-state index contributed by atoms with van der Waals surface area (Å²) in [6, 6.07) is 0. The third-order valence-corrected chi connectivity index (χ3v) is 1.15. The van der Waals surface area contributed by atoms with Crippen LogP contribution in [0, 0.1) is 0 Å². The van der Waals surface area contributed by atoms with Crippen molar-refractivity contribution in [2.75, 3.05) is 20.6 Å². The van der Waals surface area contributed by atoms with Crippen LogP contribution in [-0.4, -0.2) is 31.4 Å². The highest BCUT2D eigenvalue weighted by molar-refractivity contribution is 5.92. The van der Waals surface area contributed by atoms with Crippen LogP contribution in [0.15, 0.2) is 12.2 Å². The zero-order chi connectivity index (χ0) is 8.15. The molecule has 0 aromatic rings. The number of amides is 1. The summed E-state index contributed by atoms with van der Waals surface area (Å²) in [6.45, 7) is 4.08. The van der Waals surface area contributed by atoms with E-state index in [9.17, 15) is 4.79 Å². The Hall–Kier alpha value is -0.540. The maximum Gasteiger partial charge on any atom is 0.248 e. The van der Waals surface area contributed by atoms with E-state index in [1.165, 1.54) is 4.90 Å². The van der Waals surface area contributed by atoms with Crippen molar-refractivity contribution in [3.8, 4) is 0 Å². The average Bonchev–Trinajstić information content (AvgIpc) is 1.87. The molecule has 0 fully saturated rings. The predicted octanol–water partition coefficient (Wildman–Crippen LogP) is 0.401. The van der Waals surface area contributed by atoms with Crippen molar-refractivity contribution in [2.45, 2.75) is 6.42 Å². The van der Waals surface area contributed by atoms with Crippen molar-refractivity contribution in [2.24, 2.45) is 5.73 Å².